The van der Waals surface area contributed by atoms with Crippen LogP contribution in [0, 0.1) is 0 Å². The van der Waals surface area contributed by atoms with Crippen molar-refractivity contribution in [1.29, 1.82) is 0 Å². The van der Waals surface area contributed by atoms with Crippen LogP contribution in [-0.4, -0.2) is 33.1 Å². The summed E-state index contributed by atoms with van der Waals surface area (Å²) in [5.41, 5.74) is 1.38. The van der Waals surface area contributed by atoms with Crippen molar-refractivity contribution in [3.8, 4) is 5.75 Å². The van der Waals surface area contributed by atoms with E-state index in [-0.39, 0.29) is 17.1 Å². The third-order valence-corrected chi connectivity index (χ3v) is 4.63. The first-order valence-electron chi connectivity index (χ1n) is 8.21. The summed E-state index contributed by atoms with van der Waals surface area (Å²) in [6, 6.07) is 8.08. The summed E-state index contributed by atoms with van der Waals surface area (Å²) in [7, 11) is 1.86. The molecule has 0 unspecified atom stereocenters. The van der Waals surface area contributed by atoms with Gasteiger partial charge < -0.3 is 14.0 Å². The predicted molar refractivity (Wildman–Crippen MR) is 97.8 cm³/mol. The lowest BCUT2D eigenvalue weighted by Crippen LogP contribution is -2.10. The summed E-state index contributed by atoms with van der Waals surface area (Å²) in [5, 5.41) is 8.88. The minimum atomic E-state index is -0.257. The van der Waals surface area contributed by atoms with E-state index in [4.69, 9.17) is 9.47 Å². The molecule has 2 rings (SSSR count). The van der Waals surface area contributed by atoms with Crippen LogP contribution < -0.4 is 4.74 Å². The topological polar surface area (TPSA) is 66.2 Å². The summed E-state index contributed by atoms with van der Waals surface area (Å²) in [5.74, 6) is 1.45. The Bertz CT molecular complexity index is 705. The zero-order valence-corrected chi connectivity index (χ0v) is 16.2. The van der Waals surface area contributed by atoms with Crippen molar-refractivity contribution in [2.75, 3.05) is 12.4 Å². The van der Waals surface area contributed by atoms with Gasteiger partial charge in [0, 0.05) is 7.05 Å². The molecule has 1 aromatic carbocycles. The Morgan fingerprint density at radius 1 is 1.20 bits per heavy atom. The van der Waals surface area contributed by atoms with Gasteiger partial charge >= 0.3 is 5.97 Å². The molecule has 0 radical (unpaired) electrons. The average Bonchev–Trinajstić information content (AvgIpc) is 2.91. The molecule has 0 saturated heterocycles. The summed E-state index contributed by atoms with van der Waals surface area (Å²) >= 11 is 1.30. The lowest BCUT2D eigenvalue weighted by Gasteiger charge is -2.19. The molecule has 136 valence electrons. The molecule has 0 N–H and O–H groups in total. The van der Waals surface area contributed by atoms with Gasteiger partial charge in [0.2, 0.25) is 0 Å². The van der Waals surface area contributed by atoms with E-state index in [1.807, 2.05) is 23.7 Å². The van der Waals surface area contributed by atoms with Crippen molar-refractivity contribution in [1.82, 2.24) is 14.8 Å². The van der Waals surface area contributed by atoms with E-state index < -0.39 is 0 Å². The van der Waals surface area contributed by atoms with Crippen LogP contribution in [0.3, 0.4) is 0 Å². The van der Waals surface area contributed by atoms with Crippen LogP contribution in [0.25, 0.3) is 0 Å². The van der Waals surface area contributed by atoms with Gasteiger partial charge in [0.05, 0.1) is 12.4 Å². The molecule has 0 aliphatic rings. The minimum absolute atomic E-state index is 0.118. The fourth-order valence-corrected chi connectivity index (χ4v) is 2.85. The minimum Gasteiger partial charge on any atom is -0.486 e. The molecule has 0 atom stereocenters. The van der Waals surface area contributed by atoms with Crippen molar-refractivity contribution in [3.63, 3.8) is 0 Å². The second-order valence-corrected chi connectivity index (χ2v) is 7.56. The highest BCUT2D eigenvalue weighted by atomic mass is 32.2. The van der Waals surface area contributed by atoms with E-state index in [0.717, 1.165) is 5.75 Å². The van der Waals surface area contributed by atoms with Crippen LogP contribution in [0.5, 0.6) is 5.75 Å². The van der Waals surface area contributed by atoms with Gasteiger partial charge in [0.1, 0.15) is 12.4 Å². The van der Waals surface area contributed by atoms with Crippen LogP contribution >= 0.6 is 11.8 Å². The van der Waals surface area contributed by atoms with Gasteiger partial charge in [-0.2, -0.15) is 0 Å². The standard InChI is InChI=1S/C18H25N3O3S/c1-6-23-16(22)12-25-17-20-19-15(21(17)5)11-24-14-9-7-13(8-10-14)18(2,3)4/h7-10H,6,11-12H2,1-5H3. The summed E-state index contributed by atoms with van der Waals surface area (Å²) in [6.45, 7) is 9.02. The fraction of sp³-hybridized carbons (Fsp3) is 0.500. The smallest absolute Gasteiger partial charge is 0.316 e. The van der Waals surface area contributed by atoms with E-state index in [1.165, 1.54) is 17.3 Å². The second kappa shape index (κ2) is 8.38. The number of thioether (sulfide) groups is 1. The molecular weight excluding hydrogens is 338 g/mol. The molecule has 7 heteroatoms. The van der Waals surface area contributed by atoms with Gasteiger partial charge in [0.15, 0.2) is 11.0 Å². The Morgan fingerprint density at radius 3 is 2.48 bits per heavy atom. The van der Waals surface area contributed by atoms with Gasteiger partial charge in [-0.05, 0) is 30.0 Å². The predicted octanol–water partition coefficient (Wildman–Crippen LogP) is 3.35. The molecule has 0 bridgehead atoms. The largest absolute Gasteiger partial charge is 0.486 e. The van der Waals surface area contributed by atoms with E-state index in [0.29, 0.717) is 24.2 Å². The lowest BCUT2D eigenvalue weighted by atomic mass is 9.87. The first-order chi connectivity index (χ1) is 11.8. The van der Waals surface area contributed by atoms with E-state index in [1.54, 1.807) is 6.92 Å². The quantitative estimate of drug-likeness (QED) is 0.555. The highest BCUT2D eigenvalue weighted by Gasteiger charge is 2.14. The van der Waals surface area contributed by atoms with Crippen LogP contribution in [-0.2, 0) is 28.6 Å². The third kappa shape index (κ3) is 5.49. The molecular formula is C18H25N3O3S. The number of hydrogen-bond acceptors (Lipinski definition) is 6. The molecule has 2 aromatic rings. The van der Waals surface area contributed by atoms with Crippen molar-refractivity contribution in [2.24, 2.45) is 7.05 Å². The van der Waals surface area contributed by atoms with E-state index >= 15 is 0 Å². The number of carbonyl (C=O) groups excluding carboxylic acids is 1. The number of carbonyl (C=O) groups is 1. The highest BCUT2D eigenvalue weighted by molar-refractivity contribution is 7.99. The third-order valence-electron chi connectivity index (χ3n) is 3.64. The summed E-state index contributed by atoms with van der Waals surface area (Å²) in [4.78, 5) is 11.4. The molecule has 1 aromatic heterocycles. The Balaban J connectivity index is 1.92. The lowest BCUT2D eigenvalue weighted by molar-refractivity contribution is -0.139. The SMILES string of the molecule is CCOC(=O)CSc1nnc(COc2ccc(C(C)(C)C)cc2)n1C. The van der Waals surface area contributed by atoms with Gasteiger partial charge in [-0.3, -0.25) is 4.79 Å². The van der Waals surface area contributed by atoms with Crippen molar-refractivity contribution >= 4 is 17.7 Å². The number of benzene rings is 1. The molecule has 1 heterocycles. The highest BCUT2D eigenvalue weighted by Crippen LogP contribution is 2.24. The van der Waals surface area contributed by atoms with Crippen LogP contribution in [0.2, 0.25) is 0 Å². The maximum Gasteiger partial charge on any atom is 0.316 e. The van der Waals surface area contributed by atoms with Crippen LogP contribution in [0.1, 0.15) is 39.1 Å². The van der Waals surface area contributed by atoms with E-state index in [9.17, 15) is 4.79 Å². The fourth-order valence-electron chi connectivity index (χ4n) is 2.12. The van der Waals surface area contributed by atoms with Gasteiger partial charge in [-0.1, -0.05) is 44.7 Å². The van der Waals surface area contributed by atoms with Crippen molar-refractivity contribution < 1.29 is 14.3 Å². The Hall–Kier alpha value is -2.02. The van der Waals surface area contributed by atoms with Crippen LogP contribution in [0.15, 0.2) is 29.4 Å². The van der Waals surface area contributed by atoms with Crippen LogP contribution in [0.4, 0.5) is 0 Å². The monoisotopic (exact) mass is 363 g/mol. The maximum atomic E-state index is 11.4. The molecule has 0 amide bonds. The number of esters is 1. The zero-order chi connectivity index (χ0) is 18.4. The number of nitrogens with zero attached hydrogens (tertiary/aromatic N) is 3. The molecule has 0 fully saturated rings. The molecule has 0 aliphatic heterocycles. The van der Waals surface area contributed by atoms with Gasteiger partial charge in [-0.25, -0.2) is 0 Å². The first-order valence-corrected chi connectivity index (χ1v) is 9.20. The maximum absolute atomic E-state index is 11.4. The molecule has 0 aliphatic carbocycles. The van der Waals surface area contributed by atoms with E-state index in [2.05, 4.69) is 43.1 Å². The number of ether oxygens (including phenoxy) is 2. The Kier molecular flexibility index (Phi) is 6.47. The number of aromatic nitrogens is 3. The van der Waals surface area contributed by atoms with Crippen molar-refractivity contribution in [2.45, 2.75) is 44.9 Å². The van der Waals surface area contributed by atoms with Gasteiger partial charge in [-0.15, -0.1) is 10.2 Å². The average molecular weight is 363 g/mol. The molecule has 25 heavy (non-hydrogen) atoms. The Morgan fingerprint density at radius 2 is 1.88 bits per heavy atom. The molecule has 0 saturated carbocycles. The number of hydrogen-bond donors (Lipinski definition) is 0. The van der Waals surface area contributed by atoms with Crippen molar-refractivity contribution in [3.05, 3.63) is 35.7 Å². The summed E-state index contributed by atoms with van der Waals surface area (Å²) < 4.78 is 12.5. The Labute approximate surface area is 152 Å². The normalized spacial score (nSPS) is 11.4. The number of rotatable bonds is 7. The second-order valence-electron chi connectivity index (χ2n) is 6.61. The summed E-state index contributed by atoms with van der Waals surface area (Å²) in [6.07, 6.45) is 0. The molecule has 6 nitrogen and oxygen atoms in total. The zero-order valence-electron chi connectivity index (χ0n) is 15.4. The first kappa shape index (κ1) is 19.3. The van der Waals surface area contributed by atoms with Gasteiger partial charge in [0.25, 0.3) is 0 Å². The molecule has 0 spiro atoms.